The van der Waals surface area contributed by atoms with Gasteiger partial charge in [0.25, 0.3) is 0 Å². The lowest BCUT2D eigenvalue weighted by molar-refractivity contribution is -0.135. The van der Waals surface area contributed by atoms with Crippen molar-refractivity contribution in [2.45, 2.75) is 52.3 Å². The van der Waals surface area contributed by atoms with Gasteiger partial charge in [0.1, 0.15) is 0 Å². The van der Waals surface area contributed by atoms with Crippen LogP contribution < -0.4 is 5.73 Å². The molecule has 1 atom stereocenters. The average molecular weight is 504 g/mol. The fraction of sp³-hybridized carbons (Fsp3) is 0.429. The number of amides is 2. The third kappa shape index (κ3) is 9.05. The predicted molar refractivity (Wildman–Crippen MR) is 143 cm³/mol. The van der Waals surface area contributed by atoms with Gasteiger partial charge in [-0.1, -0.05) is 63.6 Å². The molecule has 2 amide bonds. The minimum atomic E-state index is -0.419. The molecule has 0 unspecified atom stereocenters. The van der Waals surface area contributed by atoms with E-state index in [0.717, 1.165) is 30.1 Å². The molecule has 1 fully saturated rings. The summed E-state index contributed by atoms with van der Waals surface area (Å²) in [5, 5.41) is 0.779. The first-order chi connectivity index (χ1) is 16.0. The van der Waals surface area contributed by atoms with Crippen molar-refractivity contribution in [1.82, 2.24) is 4.90 Å². The standard InChI is InChI=1S/C18H26ClNO.C8H8ClNO.C2H2/c1-13(2)11-17(21)20-10-9-16(18(3,4)12-20)14-5-7-15(19)8-6-14;9-5-6-2-1-3-7(4-6)8(10)11;1-2/h5-8,13,16H,9-12H2,1-4H3;1-4H,5H2,(H2,10,11);1-2H/t16-;;/m1../s1. The van der Waals surface area contributed by atoms with E-state index in [4.69, 9.17) is 28.9 Å². The Balaban J connectivity index is 0.000000374. The van der Waals surface area contributed by atoms with Gasteiger partial charge in [0.05, 0.1) is 0 Å². The molecule has 1 aliphatic rings. The van der Waals surface area contributed by atoms with Crippen molar-refractivity contribution in [1.29, 1.82) is 0 Å². The fourth-order valence-electron chi connectivity index (χ4n) is 4.17. The smallest absolute Gasteiger partial charge is 0.248 e. The van der Waals surface area contributed by atoms with Crippen molar-refractivity contribution < 1.29 is 9.59 Å². The molecule has 1 saturated heterocycles. The van der Waals surface area contributed by atoms with E-state index in [-0.39, 0.29) is 5.41 Å². The molecule has 4 nitrogen and oxygen atoms in total. The Morgan fingerprint density at radius 3 is 2.26 bits per heavy atom. The average Bonchev–Trinajstić information content (AvgIpc) is 2.80. The molecule has 0 spiro atoms. The summed E-state index contributed by atoms with van der Waals surface area (Å²) in [6.07, 6.45) is 9.68. The number of rotatable bonds is 5. The van der Waals surface area contributed by atoms with Crippen molar-refractivity contribution in [3.05, 3.63) is 70.2 Å². The SMILES string of the molecule is C#C.CC(C)CC(=O)N1CC[C@H](c2ccc(Cl)cc2)C(C)(C)C1.NC(=O)c1cccc(CCl)c1. The van der Waals surface area contributed by atoms with Crippen molar-refractivity contribution >= 4 is 35.0 Å². The summed E-state index contributed by atoms with van der Waals surface area (Å²) < 4.78 is 0. The number of likely N-dealkylation sites (tertiary alicyclic amines) is 1. The number of carbonyl (C=O) groups excluding carboxylic acids is 2. The Labute approximate surface area is 214 Å². The molecule has 34 heavy (non-hydrogen) atoms. The van der Waals surface area contributed by atoms with Crippen LogP contribution in [-0.4, -0.2) is 29.8 Å². The van der Waals surface area contributed by atoms with Gasteiger partial charge in [-0.3, -0.25) is 9.59 Å². The number of halogens is 2. The van der Waals surface area contributed by atoms with Crippen molar-refractivity contribution in [2.24, 2.45) is 17.1 Å². The van der Waals surface area contributed by atoms with Crippen LogP contribution in [0.4, 0.5) is 0 Å². The number of hydrogen-bond donors (Lipinski definition) is 1. The van der Waals surface area contributed by atoms with Crippen LogP contribution in [-0.2, 0) is 10.7 Å². The Bertz CT molecular complexity index is 952. The largest absolute Gasteiger partial charge is 0.366 e. The molecule has 0 saturated carbocycles. The summed E-state index contributed by atoms with van der Waals surface area (Å²) in [5.74, 6) is 1.19. The van der Waals surface area contributed by atoms with E-state index in [1.807, 2.05) is 23.1 Å². The van der Waals surface area contributed by atoms with Gasteiger partial charge in [-0.2, -0.15) is 0 Å². The summed E-state index contributed by atoms with van der Waals surface area (Å²) in [7, 11) is 0. The number of nitrogens with two attached hydrogens (primary N) is 1. The summed E-state index contributed by atoms with van der Waals surface area (Å²) in [5.41, 5.74) is 7.89. The molecule has 1 heterocycles. The summed E-state index contributed by atoms with van der Waals surface area (Å²) >= 11 is 11.5. The van der Waals surface area contributed by atoms with E-state index >= 15 is 0 Å². The van der Waals surface area contributed by atoms with Crippen molar-refractivity contribution in [2.75, 3.05) is 13.1 Å². The van der Waals surface area contributed by atoms with E-state index in [1.165, 1.54) is 5.56 Å². The first-order valence-corrected chi connectivity index (χ1v) is 12.3. The second-order valence-corrected chi connectivity index (χ2v) is 10.2. The predicted octanol–water partition coefficient (Wildman–Crippen LogP) is 6.50. The Morgan fingerprint density at radius 1 is 1.15 bits per heavy atom. The van der Waals surface area contributed by atoms with Gasteiger partial charge in [-0.25, -0.2) is 0 Å². The molecule has 6 heteroatoms. The first kappa shape index (κ1) is 29.6. The van der Waals surface area contributed by atoms with Crippen LogP contribution in [0.1, 0.15) is 67.9 Å². The van der Waals surface area contributed by atoms with Crippen LogP contribution in [0.25, 0.3) is 0 Å². The Morgan fingerprint density at radius 2 is 1.76 bits per heavy atom. The third-order valence-electron chi connectivity index (χ3n) is 5.80. The van der Waals surface area contributed by atoms with Gasteiger partial charge in [0, 0.05) is 36.0 Å². The molecule has 2 aromatic carbocycles. The van der Waals surface area contributed by atoms with Crippen LogP contribution in [0.15, 0.2) is 48.5 Å². The Hall–Kier alpha value is -2.48. The summed E-state index contributed by atoms with van der Waals surface area (Å²) in [6.45, 7) is 10.4. The highest BCUT2D eigenvalue weighted by Crippen LogP contribution is 2.42. The molecule has 2 aromatic rings. The monoisotopic (exact) mass is 502 g/mol. The lowest BCUT2D eigenvalue weighted by Crippen LogP contribution is -2.47. The number of primary amides is 1. The molecule has 184 valence electrons. The molecule has 2 N–H and O–H groups in total. The second kappa shape index (κ2) is 14.0. The zero-order valence-corrected chi connectivity index (χ0v) is 22.1. The highest BCUT2D eigenvalue weighted by molar-refractivity contribution is 6.30. The van der Waals surface area contributed by atoms with Gasteiger partial charge in [-0.05, 0) is 59.1 Å². The molecule has 1 aliphatic heterocycles. The van der Waals surface area contributed by atoms with E-state index in [2.05, 4.69) is 52.7 Å². The molecule has 0 radical (unpaired) electrons. The summed E-state index contributed by atoms with van der Waals surface area (Å²) in [6, 6.07) is 15.1. The molecule has 0 aliphatic carbocycles. The van der Waals surface area contributed by atoms with Crippen molar-refractivity contribution in [3.63, 3.8) is 0 Å². The summed E-state index contributed by atoms with van der Waals surface area (Å²) in [4.78, 5) is 25.0. The lowest BCUT2D eigenvalue weighted by atomic mass is 9.70. The van der Waals surface area contributed by atoms with E-state index < -0.39 is 5.91 Å². The maximum atomic E-state index is 12.3. The van der Waals surface area contributed by atoms with Crippen LogP contribution in [0.3, 0.4) is 0 Å². The molecule has 3 rings (SSSR count). The third-order valence-corrected chi connectivity index (χ3v) is 6.36. The van der Waals surface area contributed by atoms with Gasteiger partial charge in [-0.15, -0.1) is 24.4 Å². The number of benzene rings is 2. The first-order valence-electron chi connectivity index (χ1n) is 11.3. The van der Waals surface area contributed by atoms with Crippen LogP contribution in [0, 0.1) is 24.2 Å². The minimum Gasteiger partial charge on any atom is -0.366 e. The fourth-order valence-corrected chi connectivity index (χ4v) is 4.46. The highest BCUT2D eigenvalue weighted by Gasteiger charge is 2.38. The van der Waals surface area contributed by atoms with Gasteiger partial charge >= 0.3 is 0 Å². The van der Waals surface area contributed by atoms with Crippen LogP contribution in [0.5, 0.6) is 0 Å². The number of alkyl halides is 1. The van der Waals surface area contributed by atoms with Crippen molar-refractivity contribution in [3.8, 4) is 12.8 Å². The maximum Gasteiger partial charge on any atom is 0.248 e. The number of carbonyl (C=O) groups is 2. The van der Waals surface area contributed by atoms with Gasteiger partial charge in [0.2, 0.25) is 11.8 Å². The minimum absolute atomic E-state index is 0.0960. The van der Waals surface area contributed by atoms with E-state index in [1.54, 1.807) is 18.2 Å². The second-order valence-electron chi connectivity index (χ2n) is 9.49. The molecule has 0 bridgehead atoms. The zero-order chi connectivity index (χ0) is 25.9. The number of terminal acetylenes is 1. The normalized spacial score (nSPS) is 16.5. The number of piperidine rings is 1. The van der Waals surface area contributed by atoms with Gasteiger partial charge < -0.3 is 10.6 Å². The topological polar surface area (TPSA) is 63.4 Å². The molecule has 0 aromatic heterocycles. The maximum absolute atomic E-state index is 12.3. The highest BCUT2D eigenvalue weighted by atomic mass is 35.5. The lowest BCUT2D eigenvalue weighted by Gasteiger charge is -2.45. The van der Waals surface area contributed by atoms with E-state index in [0.29, 0.717) is 35.6 Å². The quantitative estimate of drug-likeness (QED) is 0.374. The van der Waals surface area contributed by atoms with Gasteiger partial charge in [0.15, 0.2) is 0 Å². The molecular weight excluding hydrogens is 467 g/mol. The van der Waals surface area contributed by atoms with Crippen LogP contribution in [0.2, 0.25) is 5.02 Å². The number of hydrogen-bond acceptors (Lipinski definition) is 2. The molecular formula is C28H36Cl2N2O2. The van der Waals surface area contributed by atoms with Crippen LogP contribution >= 0.6 is 23.2 Å². The van der Waals surface area contributed by atoms with E-state index in [9.17, 15) is 9.59 Å². The Kier molecular flexibility index (Phi) is 12.2. The zero-order valence-electron chi connectivity index (χ0n) is 20.6. The number of nitrogens with zero attached hydrogens (tertiary/aromatic N) is 1.